The van der Waals surface area contributed by atoms with Gasteiger partial charge < -0.3 is 14.2 Å². The van der Waals surface area contributed by atoms with Crippen LogP contribution in [-0.2, 0) is 4.74 Å². The molecule has 5 nitrogen and oxygen atoms in total. The maximum Gasteiger partial charge on any atom is 0.276 e. The van der Waals surface area contributed by atoms with Crippen molar-refractivity contribution in [2.75, 3.05) is 13.2 Å². The third-order valence-corrected chi connectivity index (χ3v) is 4.94. The van der Waals surface area contributed by atoms with E-state index in [1.165, 1.54) is 0 Å². The van der Waals surface area contributed by atoms with Crippen molar-refractivity contribution >= 4 is 17.5 Å². The normalized spacial score (nSPS) is 23.8. The molecule has 2 atom stereocenters. The summed E-state index contributed by atoms with van der Waals surface area (Å²) in [6.45, 7) is 1.19. The number of morpholine rings is 1. The number of ether oxygens (including phenoxy) is 1. The summed E-state index contributed by atoms with van der Waals surface area (Å²) in [6, 6.07) is 9.18. The first-order valence-electron chi connectivity index (χ1n) is 7.88. The minimum absolute atomic E-state index is 0.0905. The fraction of sp³-hybridized carbons (Fsp3) is 0.412. The van der Waals surface area contributed by atoms with E-state index in [0.717, 1.165) is 24.8 Å². The number of amides is 1. The molecule has 1 aliphatic carbocycles. The second kappa shape index (κ2) is 5.98. The zero-order valence-electron chi connectivity index (χ0n) is 12.6. The van der Waals surface area contributed by atoms with Crippen LogP contribution in [-0.4, -0.2) is 41.3 Å². The van der Waals surface area contributed by atoms with Gasteiger partial charge in [-0.05, 0) is 31.4 Å². The lowest BCUT2D eigenvalue weighted by Crippen LogP contribution is -2.51. The van der Waals surface area contributed by atoms with Gasteiger partial charge in [-0.25, -0.2) is 0 Å². The van der Waals surface area contributed by atoms with Crippen LogP contribution in [0.3, 0.4) is 0 Å². The Morgan fingerprint density at radius 1 is 1.30 bits per heavy atom. The van der Waals surface area contributed by atoms with Gasteiger partial charge in [-0.3, -0.25) is 4.79 Å². The zero-order valence-corrected chi connectivity index (χ0v) is 13.3. The Bertz CT molecular complexity index is 730. The quantitative estimate of drug-likeness (QED) is 0.846. The van der Waals surface area contributed by atoms with Gasteiger partial charge in [0, 0.05) is 18.2 Å². The van der Waals surface area contributed by atoms with Crippen molar-refractivity contribution < 1.29 is 14.1 Å². The van der Waals surface area contributed by atoms with Gasteiger partial charge in [-0.1, -0.05) is 28.9 Å². The van der Waals surface area contributed by atoms with Crippen LogP contribution in [0.15, 0.2) is 34.9 Å². The molecule has 0 spiro atoms. The van der Waals surface area contributed by atoms with Crippen molar-refractivity contribution in [3.63, 3.8) is 0 Å². The average Bonchev–Trinajstić information content (AvgIpc) is 3.23. The third-order valence-electron chi connectivity index (χ3n) is 4.61. The summed E-state index contributed by atoms with van der Waals surface area (Å²) in [4.78, 5) is 14.7. The number of hydrogen-bond donors (Lipinski definition) is 0. The van der Waals surface area contributed by atoms with E-state index in [0.29, 0.717) is 29.6 Å². The Morgan fingerprint density at radius 2 is 2.17 bits per heavy atom. The van der Waals surface area contributed by atoms with Crippen LogP contribution < -0.4 is 0 Å². The first-order valence-corrected chi connectivity index (χ1v) is 8.26. The number of benzene rings is 1. The molecule has 6 heteroatoms. The van der Waals surface area contributed by atoms with Crippen molar-refractivity contribution in [3.8, 4) is 11.3 Å². The molecule has 0 unspecified atom stereocenters. The largest absolute Gasteiger partial charge is 0.374 e. The summed E-state index contributed by atoms with van der Waals surface area (Å²) in [5.41, 5.74) is 1.06. The zero-order chi connectivity index (χ0) is 15.8. The van der Waals surface area contributed by atoms with Crippen molar-refractivity contribution in [2.24, 2.45) is 0 Å². The van der Waals surface area contributed by atoms with Gasteiger partial charge in [0.15, 0.2) is 11.5 Å². The van der Waals surface area contributed by atoms with E-state index in [4.69, 9.17) is 20.9 Å². The number of nitrogens with zero attached hydrogens (tertiary/aromatic N) is 2. The molecule has 1 aromatic heterocycles. The molecule has 2 fully saturated rings. The monoisotopic (exact) mass is 332 g/mol. The van der Waals surface area contributed by atoms with Gasteiger partial charge in [0.2, 0.25) is 0 Å². The SMILES string of the molecule is O=C(c1cc(-c2ccccc2Cl)on1)N1CCO[C@@H]2CCC[C@H]21. The number of rotatable bonds is 2. The Hall–Kier alpha value is -1.85. The molecule has 120 valence electrons. The predicted molar refractivity (Wildman–Crippen MR) is 85.4 cm³/mol. The van der Waals surface area contributed by atoms with Gasteiger partial charge >= 0.3 is 0 Å². The second-order valence-electron chi connectivity index (χ2n) is 5.96. The van der Waals surface area contributed by atoms with Crippen LogP contribution >= 0.6 is 11.6 Å². The molecule has 0 bridgehead atoms. The first-order chi connectivity index (χ1) is 11.2. The second-order valence-corrected chi connectivity index (χ2v) is 6.37. The van der Waals surface area contributed by atoms with Crippen LogP contribution in [0.5, 0.6) is 0 Å². The highest BCUT2D eigenvalue weighted by atomic mass is 35.5. The summed E-state index contributed by atoms with van der Waals surface area (Å²) in [7, 11) is 0. The van der Waals surface area contributed by atoms with E-state index in [-0.39, 0.29) is 18.1 Å². The van der Waals surface area contributed by atoms with Crippen molar-refractivity contribution in [2.45, 2.75) is 31.4 Å². The Balaban J connectivity index is 1.59. The van der Waals surface area contributed by atoms with E-state index in [9.17, 15) is 4.79 Å². The van der Waals surface area contributed by atoms with E-state index in [2.05, 4.69) is 5.16 Å². The highest BCUT2D eigenvalue weighted by molar-refractivity contribution is 6.33. The number of aromatic nitrogens is 1. The topological polar surface area (TPSA) is 55.6 Å². The summed E-state index contributed by atoms with van der Waals surface area (Å²) in [5.74, 6) is 0.419. The summed E-state index contributed by atoms with van der Waals surface area (Å²) in [6.07, 6.45) is 3.29. The predicted octanol–water partition coefficient (Wildman–Crippen LogP) is 3.39. The Kier molecular flexibility index (Phi) is 3.83. The van der Waals surface area contributed by atoms with Crippen LogP contribution in [0, 0.1) is 0 Å². The van der Waals surface area contributed by atoms with Gasteiger partial charge in [0.05, 0.1) is 23.8 Å². The molecular formula is C17H17ClN2O3. The lowest BCUT2D eigenvalue weighted by molar-refractivity contribution is -0.0448. The molecule has 0 radical (unpaired) electrons. The Morgan fingerprint density at radius 3 is 3.04 bits per heavy atom. The highest BCUT2D eigenvalue weighted by Gasteiger charge is 2.39. The molecule has 2 aliphatic rings. The van der Waals surface area contributed by atoms with Crippen molar-refractivity contribution in [1.29, 1.82) is 0 Å². The molecular weight excluding hydrogens is 316 g/mol. The van der Waals surface area contributed by atoms with Crippen LogP contribution in [0.4, 0.5) is 0 Å². The molecule has 4 rings (SSSR count). The van der Waals surface area contributed by atoms with E-state index >= 15 is 0 Å². The average molecular weight is 333 g/mol. The molecule has 1 amide bonds. The smallest absolute Gasteiger partial charge is 0.276 e. The number of hydrogen-bond acceptors (Lipinski definition) is 4. The molecule has 1 aromatic carbocycles. The van der Waals surface area contributed by atoms with Crippen LogP contribution in [0.25, 0.3) is 11.3 Å². The van der Waals surface area contributed by atoms with Gasteiger partial charge in [0.25, 0.3) is 5.91 Å². The summed E-state index contributed by atoms with van der Waals surface area (Å²) >= 11 is 6.17. The molecule has 1 aliphatic heterocycles. The number of halogens is 1. The lowest BCUT2D eigenvalue weighted by atomic mass is 10.1. The maximum atomic E-state index is 12.8. The Labute approximate surface area is 139 Å². The summed E-state index contributed by atoms with van der Waals surface area (Å²) in [5, 5.41) is 4.53. The van der Waals surface area contributed by atoms with Crippen molar-refractivity contribution in [1.82, 2.24) is 10.1 Å². The van der Waals surface area contributed by atoms with E-state index in [1.54, 1.807) is 12.1 Å². The number of fused-ring (bicyclic) bond motifs is 1. The maximum absolute atomic E-state index is 12.8. The molecule has 1 saturated carbocycles. The molecule has 2 aromatic rings. The van der Waals surface area contributed by atoms with Gasteiger partial charge in [0.1, 0.15) is 0 Å². The fourth-order valence-electron chi connectivity index (χ4n) is 3.49. The molecule has 0 N–H and O–H groups in total. The summed E-state index contributed by atoms with van der Waals surface area (Å²) < 4.78 is 11.1. The van der Waals surface area contributed by atoms with E-state index in [1.807, 2.05) is 23.1 Å². The first kappa shape index (κ1) is 14.7. The van der Waals surface area contributed by atoms with Crippen LogP contribution in [0.1, 0.15) is 29.8 Å². The van der Waals surface area contributed by atoms with Gasteiger partial charge in [-0.15, -0.1) is 0 Å². The van der Waals surface area contributed by atoms with Crippen LogP contribution in [0.2, 0.25) is 5.02 Å². The number of carbonyl (C=O) groups is 1. The third kappa shape index (κ3) is 2.64. The van der Waals surface area contributed by atoms with Gasteiger partial charge in [-0.2, -0.15) is 0 Å². The lowest BCUT2D eigenvalue weighted by Gasteiger charge is -2.37. The molecule has 23 heavy (non-hydrogen) atoms. The fourth-order valence-corrected chi connectivity index (χ4v) is 3.72. The van der Waals surface area contributed by atoms with Crippen molar-refractivity contribution in [3.05, 3.63) is 41.0 Å². The minimum Gasteiger partial charge on any atom is -0.374 e. The highest BCUT2D eigenvalue weighted by Crippen LogP contribution is 2.32. The van der Waals surface area contributed by atoms with E-state index < -0.39 is 0 Å². The standard InChI is InChI=1S/C17H17ClN2O3/c18-12-5-2-1-4-11(12)16-10-13(19-23-16)17(21)20-8-9-22-15-7-3-6-14(15)20/h1-2,4-5,10,14-15H,3,6-9H2/t14-,15-/m1/s1. The number of carbonyl (C=O) groups excluding carboxylic acids is 1. The minimum atomic E-state index is -0.0905. The molecule has 2 heterocycles. The molecule has 1 saturated heterocycles.